The number of halogens is 3. The van der Waals surface area contributed by atoms with Crippen LogP contribution in [-0.4, -0.2) is 16.7 Å². The summed E-state index contributed by atoms with van der Waals surface area (Å²) < 4.78 is 40.9. The molecular weight excluding hydrogens is 373 g/mol. The molecular formula is C20H17F3N2OS. The van der Waals surface area contributed by atoms with E-state index in [1.54, 1.807) is 11.8 Å². The lowest BCUT2D eigenvalue weighted by Crippen LogP contribution is -2.22. The zero-order valence-electron chi connectivity index (χ0n) is 14.5. The summed E-state index contributed by atoms with van der Waals surface area (Å²) in [5.41, 5.74) is 0.520. The van der Waals surface area contributed by atoms with Crippen LogP contribution < -0.4 is 5.32 Å². The molecule has 0 atom stereocenters. The number of aromatic nitrogens is 1. The van der Waals surface area contributed by atoms with Gasteiger partial charge >= 0.3 is 6.18 Å². The van der Waals surface area contributed by atoms with Gasteiger partial charge in [-0.2, -0.15) is 13.2 Å². The van der Waals surface area contributed by atoms with Crippen LogP contribution in [0.3, 0.4) is 0 Å². The van der Waals surface area contributed by atoms with Gasteiger partial charge in [0.2, 0.25) is 0 Å². The van der Waals surface area contributed by atoms with E-state index in [1.807, 2.05) is 30.5 Å². The molecule has 0 saturated heterocycles. The number of nitrogens with one attached hydrogen (secondary N) is 1. The van der Waals surface area contributed by atoms with Crippen LogP contribution in [-0.2, 0) is 12.7 Å². The van der Waals surface area contributed by atoms with E-state index >= 15 is 0 Å². The molecule has 0 aliphatic rings. The van der Waals surface area contributed by atoms with Crippen molar-refractivity contribution in [2.24, 2.45) is 0 Å². The van der Waals surface area contributed by atoms with Crippen LogP contribution >= 0.6 is 11.8 Å². The van der Waals surface area contributed by atoms with E-state index in [1.165, 1.54) is 41.2 Å². The van der Waals surface area contributed by atoms with Crippen LogP contribution in [0.25, 0.3) is 5.69 Å². The van der Waals surface area contributed by atoms with Crippen molar-refractivity contribution in [3.05, 3.63) is 83.7 Å². The molecule has 1 amide bonds. The van der Waals surface area contributed by atoms with Crippen molar-refractivity contribution in [1.29, 1.82) is 0 Å². The Morgan fingerprint density at radius 3 is 2.52 bits per heavy atom. The van der Waals surface area contributed by atoms with E-state index in [-0.39, 0.29) is 11.6 Å². The number of carbonyl (C=O) groups is 1. The highest BCUT2D eigenvalue weighted by Gasteiger charge is 2.33. The molecule has 0 aliphatic heterocycles. The van der Waals surface area contributed by atoms with Gasteiger partial charge in [-0.15, -0.1) is 11.8 Å². The first-order chi connectivity index (χ1) is 12.9. The highest BCUT2D eigenvalue weighted by Crippen LogP contribution is 2.33. The average molecular weight is 390 g/mol. The Balaban J connectivity index is 1.77. The van der Waals surface area contributed by atoms with Crippen LogP contribution in [0, 0.1) is 0 Å². The third-order valence-electron chi connectivity index (χ3n) is 4.07. The molecule has 27 heavy (non-hydrogen) atoms. The Labute approximate surface area is 159 Å². The smallest absolute Gasteiger partial charge is 0.348 e. The van der Waals surface area contributed by atoms with Gasteiger partial charge in [-0.05, 0) is 36.1 Å². The highest BCUT2D eigenvalue weighted by molar-refractivity contribution is 7.98. The van der Waals surface area contributed by atoms with Gasteiger partial charge in [-0.1, -0.05) is 30.3 Å². The number of alkyl halides is 3. The summed E-state index contributed by atoms with van der Waals surface area (Å²) in [5, 5.41) is 2.81. The Morgan fingerprint density at radius 1 is 1.07 bits per heavy atom. The van der Waals surface area contributed by atoms with Crippen molar-refractivity contribution in [2.45, 2.75) is 17.6 Å². The zero-order chi connectivity index (χ0) is 19.4. The van der Waals surface area contributed by atoms with Gasteiger partial charge in [0.05, 0.1) is 16.8 Å². The van der Waals surface area contributed by atoms with E-state index < -0.39 is 11.7 Å². The normalized spacial score (nSPS) is 11.4. The highest BCUT2D eigenvalue weighted by atomic mass is 32.2. The number of nitrogens with zero attached hydrogens (tertiary/aromatic N) is 1. The summed E-state index contributed by atoms with van der Waals surface area (Å²) in [6.07, 6.45) is 0.347. The van der Waals surface area contributed by atoms with Crippen LogP contribution in [0.4, 0.5) is 13.2 Å². The van der Waals surface area contributed by atoms with Crippen LogP contribution in [0.15, 0.2) is 71.9 Å². The summed E-state index contributed by atoms with van der Waals surface area (Å²) >= 11 is 1.59. The zero-order valence-corrected chi connectivity index (χ0v) is 15.3. The van der Waals surface area contributed by atoms with Crippen LogP contribution in [0.2, 0.25) is 0 Å². The molecule has 1 aromatic heterocycles. The molecule has 0 saturated carbocycles. The predicted octanol–water partition coefficient (Wildman–Crippen LogP) is 5.15. The van der Waals surface area contributed by atoms with Crippen molar-refractivity contribution in [3.63, 3.8) is 0 Å². The topological polar surface area (TPSA) is 34.0 Å². The first-order valence-electron chi connectivity index (χ1n) is 8.15. The fraction of sp³-hybridized carbons (Fsp3) is 0.150. The molecule has 1 N–H and O–H groups in total. The van der Waals surface area contributed by atoms with Crippen molar-refractivity contribution < 1.29 is 18.0 Å². The number of thioether (sulfide) groups is 1. The Kier molecular flexibility index (Phi) is 5.60. The number of carbonyl (C=O) groups excluding carboxylic acids is 1. The maximum Gasteiger partial charge on any atom is 0.418 e. The molecule has 0 radical (unpaired) electrons. The van der Waals surface area contributed by atoms with E-state index in [0.29, 0.717) is 12.1 Å². The van der Waals surface area contributed by atoms with Gasteiger partial charge in [0, 0.05) is 23.8 Å². The first kappa shape index (κ1) is 19.1. The molecule has 2 aromatic carbocycles. The molecule has 1 heterocycles. The SMILES string of the molecule is CSc1ccccc1CNC(=O)c1ccn(-c2ccccc2C(F)(F)F)c1. The van der Waals surface area contributed by atoms with Gasteiger partial charge < -0.3 is 9.88 Å². The third-order valence-corrected chi connectivity index (χ3v) is 4.91. The molecule has 0 aliphatic carbocycles. The largest absolute Gasteiger partial charge is 0.418 e. The fourth-order valence-corrected chi connectivity index (χ4v) is 3.36. The monoisotopic (exact) mass is 390 g/mol. The summed E-state index contributed by atoms with van der Waals surface area (Å²) in [6, 6.07) is 14.5. The van der Waals surface area contributed by atoms with Crippen molar-refractivity contribution in [1.82, 2.24) is 9.88 Å². The van der Waals surface area contributed by atoms with E-state index in [4.69, 9.17) is 0 Å². The van der Waals surface area contributed by atoms with Gasteiger partial charge in [0.1, 0.15) is 0 Å². The Bertz CT molecular complexity index is 950. The maximum absolute atomic E-state index is 13.2. The number of hydrogen-bond acceptors (Lipinski definition) is 2. The van der Waals surface area contributed by atoms with E-state index in [0.717, 1.165) is 16.5 Å². The fourth-order valence-electron chi connectivity index (χ4n) is 2.75. The number of hydrogen-bond donors (Lipinski definition) is 1. The molecule has 7 heteroatoms. The quantitative estimate of drug-likeness (QED) is 0.612. The third kappa shape index (κ3) is 4.36. The molecule has 140 valence electrons. The second kappa shape index (κ2) is 7.92. The van der Waals surface area contributed by atoms with E-state index in [9.17, 15) is 18.0 Å². The van der Waals surface area contributed by atoms with E-state index in [2.05, 4.69) is 5.32 Å². The summed E-state index contributed by atoms with van der Waals surface area (Å²) in [4.78, 5) is 13.5. The summed E-state index contributed by atoms with van der Waals surface area (Å²) in [6.45, 7) is 0.347. The summed E-state index contributed by atoms with van der Waals surface area (Å²) in [7, 11) is 0. The van der Waals surface area contributed by atoms with Gasteiger partial charge in [-0.3, -0.25) is 4.79 Å². The minimum absolute atomic E-state index is 0.0169. The Hall–Kier alpha value is -2.67. The number of para-hydroxylation sites is 1. The number of benzene rings is 2. The molecule has 0 unspecified atom stereocenters. The van der Waals surface area contributed by atoms with Crippen LogP contribution in [0.5, 0.6) is 0 Å². The molecule has 3 rings (SSSR count). The lowest BCUT2D eigenvalue weighted by molar-refractivity contribution is -0.137. The van der Waals surface area contributed by atoms with Crippen molar-refractivity contribution in [3.8, 4) is 5.69 Å². The summed E-state index contributed by atoms with van der Waals surface area (Å²) in [5.74, 6) is -0.339. The molecule has 0 fully saturated rings. The lowest BCUT2D eigenvalue weighted by Gasteiger charge is -2.13. The molecule has 3 nitrogen and oxygen atoms in total. The van der Waals surface area contributed by atoms with Gasteiger partial charge in [0.25, 0.3) is 5.91 Å². The first-order valence-corrected chi connectivity index (χ1v) is 9.37. The standard InChI is InChI=1S/C20H17F3N2OS/c1-27-18-9-5-2-6-14(18)12-24-19(26)15-10-11-25(13-15)17-8-4-3-7-16(17)20(21,22)23/h2-11,13H,12H2,1H3,(H,24,26). The Morgan fingerprint density at radius 2 is 1.78 bits per heavy atom. The molecule has 0 spiro atoms. The van der Waals surface area contributed by atoms with Gasteiger partial charge in [0.15, 0.2) is 0 Å². The second-order valence-corrected chi connectivity index (χ2v) is 6.66. The number of amides is 1. The van der Waals surface area contributed by atoms with Gasteiger partial charge in [-0.25, -0.2) is 0 Å². The minimum Gasteiger partial charge on any atom is -0.348 e. The minimum atomic E-state index is -4.47. The average Bonchev–Trinajstić information content (AvgIpc) is 3.16. The number of rotatable bonds is 5. The second-order valence-electron chi connectivity index (χ2n) is 5.82. The molecule has 0 bridgehead atoms. The molecule has 3 aromatic rings. The maximum atomic E-state index is 13.2. The predicted molar refractivity (Wildman–Crippen MR) is 100 cm³/mol. The van der Waals surface area contributed by atoms with Crippen molar-refractivity contribution >= 4 is 17.7 Å². The van der Waals surface area contributed by atoms with Crippen LogP contribution in [0.1, 0.15) is 21.5 Å². The van der Waals surface area contributed by atoms with Crippen molar-refractivity contribution in [2.75, 3.05) is 6.26 Å². The lowest BCUT2D eigenvalue weighted by atomic mass is 10.1.